The summed E-state index contributed by atoms with van der Waals surface area (Å²) >= 11 is 0. The number of aromatic amines is 1. The van der Waals surface area contributed by atoms with Gasteiger partial charge in [-0.3, -0.25) is 0 Å². The Balaban J connectivity index is 2.03. The number of piperazine rings is 1. The molecule has 2 N–H and O–H groups in total. The lowest BCUT2D eigenvalue weighted by Gasteiger charge is -2.27. The predicted octanol–water partition coefficient (Wildman–Crippen LogP) is -0.106. The normalized spacial score (nSPS) is 19.6. The van der Waals surface area contributed by atoms with Crippen LogP contribution >= 0.6 is 0 Å². The zero-order valence-corrected chi connectivity index (χ0v) is 12.6. The number of aryl methyl sites for hydroxylation is 1. The molecule has 1 saturated heterocycles. The minimum Gasteiger partial charge on any atom is -0.331 e. The van der Waals surface area contributed by atoms with Crippen molar-refractivity contribution in [2.75, 3.05) is 38.1 Å². The molecule has 3 rings (SSSR count). The predicted molar refractivity (Wildman–Crippen MR) is 77.9 cm³/mol. The minimum absolute atomic E-state index is 0.907. The number of pyridine rings is 1. The molecule has 1 aromatic rings. The second-order valence-corrected chi connectivity index (χ2v) is 6.19. The van der Waals surface area contributed by atoms with Gasteiger partial charge in [-0.1, -0.05) is 0 Å². The summed E-state index contributed by atoms with van der Waals surface area (Å²) in [5.41, 5.74) is 4.89. The first-order valence-corrected chi connectivity index (χ1v) is 7.74. The lowest BCUT2D eigenvalue weighted by atomic mass is 9.88. The molecule has 4 heteroatoms. The second kappa shape index (κ2) is 5.41. The topological polar surface area (TPSA) is 45.6 Å². The Morgan fingerprint density at radius 1 is 1.15 bits per heavy atom. The third-order valence-corrected chi connectivity index (χ3v) is 4.81. The molecule has 1 fully saturated rings. The first-order valence-electron chi connectivity index (χ1n) is 7.74. The Morgan fingerprint density at radius 2 is 1.80 bits per heavy atom. The zero-order valence-electron chi connectivity index (χ0n) is 12.6. The molecule has 0 radical (unpaired) electrons. The Hall–Kier alpha value is -1.60. The molecule has 0 bridgehead atoms. The van der Waals surface area contributed by atoms with E-state index in [4.69, 9.17) is 0 Å². The molecule has 2 aliphatic rings. The van der Waals surface area contributed by atoms with Crippen LogP contribution in [0.4, 0.5) is 5.82 Å². The van der Waals surface area contributed by atoms with Crippen molar-refractivity contribution in [3.05, 3.63) is 22.4 Å². The lowest BCUT2D eigenvalue weighted by Crippen LogP contribution is -3.12. The van der Waals surface area contributed by atoms with Crippen LogP contribution in [-0.4, -0.2) is 33.2 Å². The van der Waals surface area contributed by atoms with Gasteiger partial charge in [0.05, 0.1) is 7.05 Å². The fourth-order valence-electron chi connectivity index (χ4n) is 3.52. The number of hydrogen-bond donors (Lipinski definition) is 1. The number of rotatable bonds is 1. The number of nitrogens with one attached hydrogen (secondary N) is 2. The maximum atomic E-state index is 9.65. The van der Waals surface area contributed by atoms with Gasteiger partial charge in [0.25, 0.3) is 5.82 Å². The molecule has 0 saturated carbocycles. The summed E-state index contributed by atoms with van der Waals surface area (Å²) in [6.45, 7) is 6.53. The third-order valence-electron chi connectivity index (χ3n) is 4.81. The van der Waals surface area contributed by atoms with Crippen molar-refractivity contribution in [3.8, 4) is 6.07 Å². The Kier molecular flexibility index (Phi) is 3.62. The molecule has 2 heterocycles. The first kappa shape index (κ1) is 13.4. The van der Waals surface area contributed by atoms with Gasteiger partial charge in [-0.05, 0) is 43.7 Å². The van der Waals surface area contributed by atoms with Crippen LogP contribution in [0.3, 0.4) is 0 Å². The number of aromatic nitrogens is 1. The quantitative estimate of drug-likeness (QED) is 0.776. The molecule has 106 valence electrons. The second-order valence-electron chi connectivity index (χ2n) is 6.19. The fraction of sp³-hybridized carbons (Fsp3) is 0.625. The van der Waals surface area contributed by atoms with Crippen LogP contribution in [0.2, 0.25) is 0 Å². The van der Waals surface area contributed by atoms with Crippen molar-refractivity contribution < 1.29 is 9.88 Å². The van der Waals surface area contributed by atoms with Gasteiger partial charge < -0.3 is 4.90 Å². The van der Waals surface area contributed by atoms with E-state index in [9.17, 15) is 5.26 Å². The number of anilines is 1. The average molecular weight is 272 g/mol. The van der Waals surface area contributed by atoms with Crippen LogP contribution in [0.25, 0.3) is 0 Å². The van der Waals surface area contributed by atoms with Crippen LogP contribution in [0.5, 0.6) is 0 Å². The van der Waals surface area contributed by atoms with E-state index in [-0.39, 0.29) is 0 Å². The minimum atomic E-state index is 0.907. The lowest BCUT2D eigenvalue weighted by molar-refractivity contribution is -0.880. The molecule has 1 aliphatic heterocycles. The van der Waals surface area contributed by atoms with Crippen molar-refractivity contribution in [2.24, 2.45) is 0 Å². The summed E-state index contributed by atoms with van der Waals surface area (Å²) in [5, 5.41) is 9.65. The summed E-state index contributed by atoms with van der Waals surface area (Å²) < 4.78 is 0. The van der Waals surface area contributed by atoms with Crippen LogP contribution in [0.15, 0.2) is 0 Å². The first-order chi connectivity index (χ1) is 9.70. The molecule has 4 nitrogen and oxygen atoms in total. The van der Waals surface area contributed by atoms with Gasteiger partial charge >= 0.3 is 0 Å². The Bertz CT molecular complexity index is 551. The van der Waals surface area contributed by atoms with Crippen LogP contribution in [0.1, 0.15) is 35.2 Å². The van der Waals surface area contributed by atoms with Crippen LogP contribution in [0, 0.1) is 18.3 Å². The van der Waals surface area contributed by atoms with Gasteiger partial charge in [0.2, 0.25) is 0 Å². The number of H-pyrrole nitrogens is 1. The number of hydrogen-bond acceptors (Lipinski definition) is 2. The maximum absolute atomic E-state index is 9.65. The Labute approximate surface area is 121 Å². The van der Waals surface area contributed by atoms with Crippen molar-refractivity contribution in [1.82, 2.24) is 0 Å². The highest BCUT2D eigenvalue weighted by molar-refractivity contribution is 5.57. The van der Waals surface area contributed by atoms with Crippen molar-refractivity contribution >= 4 is 5.82 Å². The largest absolute Gasteiger partial charge is 0.331 e. The molecule has 0 amide bonds. The summed E-state index contributed by atoms with van der Waals surface area (Å²) in [5.74, 6) is 1.07. The highest BCUT2D eigenvalue weighted by Gasteiger charge is 2.31. The van der Waals surface area contributed by atoms with Crippen molar-refractivity contribution in [2.45, 2.75) is 32.6 Å². The molecule has 1 aromatic heterocycles. The van der Waals surface area contributed by atoms with E-state index < -0.39 is 0 Å². The molecular weight excluding hydrogens is 248 g/mol. The number of fused-ring (bicyclic) bond motifs is 1. The molecule has 0 unspecified atom stereocenters. The van der Waals surface area contributed by atoms with Gasteiger partial charge in [0, 0.05) is 0 Å². The van der Waals surface area contributed by atoms with Crippen LogP contribution in [-0.2, 0) is 12.8 Å². The monoisotopic (exact) mass is 272 g/mol. The average Bonchev–Trinajstić information content (AvgIpc) is 2.48. The standard InChI is InChI=1S/C16H22N4/c1-12-13-5-3-4-6-14(13)15(11-17)16(18-12)20-9-7-19(2)8-10-20/h3-10H2,1-2H3/p+2. The van der Waals surface area contributed by atoms with E-state index in [1.54, 1.807) is 4.90 Å². The van der Waals surface area contributed by atoms with Gasteiger partial charge in [-0.15, -0.1) is 0 Å². The number of likely N-dealkylation sites (N-methyl/N-ethyl adjacent to an activating group) is 1. The van der Waals surface area contributed by atoms with Gasteiger partial charge in [-0.2, -0.15) is 5.26 Å². The SMILES string of the molecule is Cc1[nH+]c(N2CC[NH+](C)CC2)c(C#N)c2c1CCCC2. The van der Waals surface area contributed by atoms with Gasteiger partial charge in [0.15, 0.2) is 0 Å². The van der Waals surface area contributed by atoms with E-state index >= 15 is 0 Å². The molecular formula is C16H24N4+2. The van der Waals surface area contributed by atoms with E-state index in [0.717, 1.165) is 50.4 Å². The number of nitrogens with zero attached hydrogens (tertiary/aromatic N) is 2. The molecule has 0 spiro atoms. The van der Waals surface area contributed by atoms with E-state index in [1.165, 1.54) is 29.7 Å². The highest BCUT2D eigenvalue weighted by atomic mass is 15.3. The molecule has 0 atom stereocenters. The third kappa shape index (κ3) is 2.27. The van der Waals surface area contributed by atoms with Gasteiger partial charge in [0.1, 0.15) is 43.5 Å². The summed E-state index contributed by atoms with van der Waals surface area (Å²) in [6.07, 6.45) is 4.67. The van der Waals surface area contributed by atoms with Gasteiger partial charge in [-0.25, -0.2) is 9.88 Å². The molecule has 0 aromatic carbocycles. The summed E-state index contributed by atoms with van der Waals surface area (Å²) in [4.78, 5) is 7.48. The van der Waals surface area contributed by atoms with Crippen molar-refractivity contribution in [1.29, 1.82) is 5.26 Å². The Morgan fingerprint density at radius 3 is 2.45 bits per heavy atom. The number of quaternary nitrogens is 1. The van der Waals surface area contributed by atoms with Crippen LogP contribution < -0.4 is 14.8 Å². The van der Waals surface area contributed by atoms with Crippen molar-refractivity contribution in [3.63, 3.8) is 0 Å². The van der Waals surface area contributed by atoms with E-state index in [2.05, 4.69) is 29.9 Å². The number of nitriles is 1. The summed E-state index contributed by atoms with van der Waals surface area (Å²) in [6, 6.07) is 2.48. The fourth-order valence-corrected chi connectivity index (χ4v) is 3.52. The zero-order chi connectivity index (χ0) is 14.1. The maximum Gasteiger partial charge on any atom is 0.293 e. The summed E-state index contributed by atoms with van der Waals surface area (Å²) in [7, 11) is 2.24. The van der Waals surface area contributed by atoms with E-state index in [1.807, 2.05) is 0 Å². The van der Waals surface area contributed by atoms with E-state index in [0.29, 0.717) is 0 Å². The molecule has 20 heavy (non-hydrogen) atoms. The molecule has 1 aliphatic carbocycles. The highest BCUT2D eigenvalue weighted by Crippen LogP contribution is 2.29. The smallest absolute Gasteiger partial charge is 0.293 e.